The maximum Gasteiger partial charge on any atom is 0.310 e. The van der Waals surface area contributed by atoms with Crippen LogP contribution in [0.2, 0.25) is 0 Å². The highest BCUT2D eigenvalue weighted by Crippen LogP contribution is 2.18. The van der Waals surface area contributed by atoms with Gasteiger partial charge in [-0.3, -0.25) is 4.79 Å². The van der Waals surface area contributed by atoms with Gasteiger partial charge in [-0.2, -0.15) is 0 Å². The molecule has 0 heterocycles. The molecule has 0 aromatic carbocycles. The topological polar surface area (TPSA) is 52.3 Å². The van der Waals surface area contributed by atoms with Crippen LogP contribution < -0.4 is 5.73 Å². The molecule has 0 bridgehead atoms. The van der Waals surface area contributed by atoms with Crippen molar-refractivity contribution in [2.75, 3.05) is 13.2 Å². The SMILES string of the molecule is CCCC(CN)C(=O)OCCC(C)(C)C. The van der Waals surface area contributed by atoms with Crippen LogP contribution in [0.1, 0.15) is 47.0 Å². The Hall–Kier alpha value is -0.570. The van der Waals surface area contributed by atoms with Crippen LogP contribution in [0.15, 0.2) is 0 Å². The number of nitrogens with two attached hydrogens (primary N) is 1. The van der Waals surface area contributed by atoms with Gasteiger partial charge in [-0.25, -0.2) is 0 Å². The van der Waals surface area contributed by atoms with Crippen LogP contribution in [0.5, 0.6) is 0 Å². The predicted molar refractivity (Wildman–Crippen MR) is 62.5 cm³/mol. The highest BCUT2D eigenvalue weighted by Gasteiger charge is 2.18. The molecule has 1 atom stereocenters. The minimum Gasteiger partial charge on any atom is -0.465 e. The Morgan fingerprint density at radius 1 is 1.40 bits per heavy atom. The lowest BCUT2D eigenvalue weighted by Gasteiger charge is -2.19. The minimum atomic E-state index is -0.136. The van der Waals surface area contributed by atoms with E-state index in [9.17, 15) is 4.79 Å². The van der Waals surface area contributed by atoms with Crippen molar-refractivity contribution in [1.29, 1.82) is 0 Å². The van der Waals surface area contributed by atoms with Gasteiger partial charge >= 0.3 is 5.97 Å². The van der Waals surface area contributed by atoms with E-state index in [4.69, 9.17) is 10.5 Å². The maximum absolute atomic E-state index is 11.5. The van der Waals surface area contributed by atoms with E-state index in [1.54, 1.807) is 0 Å². The molecule has 0 radical (unpaired) electrons. The van der Waals surface area contributed by atoms with Crippen molar-refractivity contribution in [3.05, 3.63) is 0 Å². The summed E-state index contributed by atoms with van der Waals surface area (Å²) in [6, 6.07) is 0. The lowest BCUT2D eigenvalue weighted by Crippen LogP contribution is -2.26. The summed E-state index contributed by atoms with van der Waals surface area (Å²) in [4.78, 5) is 11.5. The first kappa shape index (κ1) is 14.4. The second-order valence-electron chi connectivity index (χ2n) is 5.20. The van der Waals surface area contributed by atoms with Gasteiger partial charge in [0.15, 0.2) is 0 Å². The van der Waals surface area contributed by atoms with Gasteiger partial charge < -0.3 is 10.5 Å². The molecule has 90 valence electrons. The second-order valence-corrected chi connectivity index (χ2v) is 5.20. The van der Waals surface area contributed by atoms with Crippen LogP contribution in [0, 0.1) is 11.3 Å². The van der Waals surface area contributed by atoms with E-state index in [0.29, 0.717) is 13.2 Å². The van der Waals surface area contributed by atoms with Crippen LogP contribution in [-0.4, -0.2) is 19.1 Å². The Morgan fingerprint density at radius 3 is 2.40 bits per heavy atom. The molecule has 0 rings (SSSR count). The fraction of sp³-hybridized carbons (Fsp3) is 0.917. The fourth-order valence-corrected chi connectivity index (χ4v) is 1.26. The van der Waals surface area contributed by atoms with Gasteiger partial charge in [0, 0.05) is 6.54 Å². The lowest BCUT2D eigenvalue weighted by molar-refractivity contribution is -0.149. The summed E-state index contributed by atoms with van der Waals surface area (Å²) < 4.78 is 5.20. The summed E-state index contributed by atoms with van der Waals surface area (Å²) in [6.45, 7) is 9.34. The van der Waals surface area contributed by atoms with Gasteiger partial charge in [0.25, 0.3) is 0 Å². The Kier molecular flexibility index (Phi) is 6.57. The number of rotatable bonds is 6. The zero-order valence-electron chi connectivity index (χ0n) is 10.5. The monoisotopic (exact) mass is 215 g/mol. The van der Waals surface area contributed by atoms with Gasteiger partial charge in [0.1, 0.15) is 0 Å². The van der Waals surface area contributed by atoms with Crippen LogP contribution in [0.4, 0.5) is 0 Å². The van der Waals surface area contributed by atoms with Crippen molar-refractivity contribution in [3.8, 4) is 0 Å². The van der Waals surface area contributed by atoms with E-state index in [1.807, 2.05) is 6.92 Å². The molecule has 2 N–H and O–H groups in total. The summed E-state index contributed by atoms with van der Waals surface area (Å²) in [5.74, 6) is -0.251. The summed E-state index contributed by atoms with van der Waals surface area (Å²) in [5, 5.41) is 0. The summed E-state index contributed by atoms with van der Waals surface area (Å²) in [5.41, 5.74) is 5.73. The van der Waals surface area contributed by atoms with Crippen molar-refractivity contribution in [3.63, 3.8) is 0 Å². The molecule has 0 amide bonds. The Morgan fingerprint density at radius 2 is 2.00 bits per heavy atom. The third kappa shape index (κ3) is 7.37. The van der Waals surface area contributed by atoms with E-state index in [2.05, 4.69) is 20.8 Å². The molecule has 0 saturated carbocycles. The molecule has 0 aliphatic rings. The number of esters is 1. The van der Waals surface area contributed by atoms with Crippen molar-refractivity contribution in [2.45, 2.75) is 47.0 Å². The largest absolute Gasteiger partial charge is 0.465 e. The summed E-state index contributed by atoms with van der Waals surface area (Å²) >= 11 is 0. The van der Waals surface area contributed by atoms with Crippen molar-refractivity contribution in [2.24, 2.45) is 17.1 Å². The van der Waals surface area contributed by atoms with Crippen LogP contribution in [0.25, 0.3) is 0 Å². The molecule has 3 heteroatoms. The number of hydrogen-bond donors (Lipinski definition) is 1. The number of carbonyl (C=O) groups is 1. The second kappa shape index (κ2) is 6.83. The maximum atomic E-state index is 11.5. The molecule has 15 heavy (non-hydrogen) atoms. The third-order valence-corrected chi connectivity index (χ3v) is 2.35. The zero-order chi connectivity index (χ0) is 11.9. The highest BCUT2D eigenvalue weighted by molar-refractivity contribution is 5.72. The molecule has 1 unspecified atom stereocenters. The van der Waals surface area contributed by atoms with Gasteiger partial charge in [-0.1, -0.05) is 34.1 Å². The normalized spacial score (nSPS) is 13.7. The van der Waals surface area contributed by atoms with E-state index in [-0.39, 0.29) is 17.3 Å². The summed E-state index contributed by atoms with van der Waals surface area (Å²) in [6.07, 6.45) is 2.68. The zero-order valence-corrected chi connectivity index (χ0v) is 10.5. The first-order chi connectivity index (χ1) is 6.90. The minimum absolute atomic E-state index is 0.116. The standard InChI is InChI=1S/C12H25NO2/c1-5-6-10(9-13)11(14)15-8-7-12(2,3)4/h10H,5-9,13H2,1-4H3. The smallest absolute Gasteiger partial charge is 0.310 e. The van der Waals surface area contributed by atoms with E-state index in [0.717, 1.165) is 19.3 Å². The summed E-state index contributed by atoms with van der Waals surface area (Å²) in [7, 11) is 0. The molecule has 0 aromatic rings. The Labute approximate surface area is 93.4 Å². The van der Waals surface area contributed by atoms with Crippen LogP contribution >= 0.6 is 0 Å². The van der Waals surface area contributed by atoms with Gasteiger partial charge in [0.2, 0.25) is 0 Å². The third-order valence-electron chi connectivity index (χ3n) is 2.35. The first-order valence-corrected chi connectivity index (χ1v) is 5.77. The van der Waals surface area contributed by atoms with Crippen LogP contribution in [0.3, 0.4) is 0 Å². The Bertz CT molecular complexity index is 185. The fourth-order valence-electron chi connectivity index (χ4n) is 1.26. The number of ether oxygens (including phenoxy) is 1. The van der Waals surface area contributed by atoms with Gasteiger partial charge in [-0.05, 0) is 18.3 Å². The highest BCUT2D eigenvalue weighted by atomic mass is 16.5. The molecule has 0 aliphatic heterocycles. The molecule has 0 saturated heterocycles. The van der Waals surface area contributed by atoms with Crippen molar-refractivity contribution >= 4 is 5.97 Å². The number of carbonyl (C=O) groups excluding carboxylic acids is 1. The van der Waals surface area contributed by atoms with Gasteiger partial charge in [-0.15, -0.1) is 0 Å². The van der Waals surface area contributed by atoms with Gasteiger partial charge in [0.05, 0.1) is 12.5 Å². The quantitative estimate of drug-likeness (QED) is 0.692. The van der Waals surface area contributed by atoms with Crippen molar-refractivity contribution in [1.82, 2.24) is 0 Å². The molecular weight excluding hydrogens is 190 g/mol. The molecular formula is C12H25NO2. The first-order valence-electron chi connectivity index (χ1n) is 5.77. The molecule has 3 nitrogen and oxygen atoms in total. The van der Waals surface area contributed by atoms with E-state index < -0.39 is 0 Å². The lowest BCUT2D eigenvalue weighted by atomic mass is 9.93. The molecule has 0 aromatic heterocycles. The van der Waals surface area contributed by atoms with Crippen molar-refractivity contribution < 1.29 is 9.53 Å². The molecule has 0 fully saturated rings. The molecule has 0 spiro atoms. The van der Waals surface area contributed by atoms with Crippen LogP contribution in [-0.2, 0) is 9.53 Å². The average Bonchev–Trinajstić information content (AvgIpc) is 2.11. The van der Waals surface area contributed by atoms with E-state index >= 15 is 0 Å². The molecule has 0 aliphatic carbocycles. The average molecular weight is 215 g/mol. The number of hydrogen-bond acceptors (Lipinski definition) is 3. The predicted octanol–water partition coefficient (Wildman–Crippen LogP) is 2.34. The Balaban J connectivity index is 3.81. The van der Waals surface area contributed by atoms with E-state index in [1.165, 1.54) is 0 Å².